The van der Waals surface area contributed by atoms with Crippen LogP contribution in [-0.2, 0) is 5.75 Å². The van der Waals surface area contributed by atoms with Crippen molar-refractivity contribution in [2.24, 2.45) is 0 Å². The van der Waals surface area contributed by atoms with Gasteiger partial charge < -0.3 is 4.74 Å². The molecule has 0 saturated carbocycles. The van der Waals surface area contributed by atoms with Crippen molar-refractivity contribution in [3.63, 3.8) is 0 Å². The lowest BCUT2D eigenvalue weighted by molar-refractivity contribution is 0.414. The van der Waals surface area contributed by atoms with E-state index < -0.39 is 0 Å². The standard InChI is InChI=1S/C26H18ClN5O2S2/c1-34-18-12-10-17(11-13-18)31-24(19-6-2-3-7-20(19)27)29-30-26(31)35-15-16-14-23(33)32-21-8-4-5-9-22(21)36-25(32)28-16/h2-14H,15H2,1H3. The van der Waals surface area contributed by atoms with Crippen LogP contribution < -0.4 is 10.3 Å². The minimum atomic E-state index is -0.0959. The largest absolute Gasteiger partial charge is 0.497 e. The van der Waals surface area contributed by atoms with Gasteiger partial charge in [0.05, 0.1) is 28.0 Å². The van der Waals surface area contributed by atoms with Gasteiger partial charge in [0.25, 0.3) is 5.56 Å². The van der Waals surface area contributed by atoms with E-state index in [1.165, 1.54) is 23.1 Å². The molecule has 0 spiro atoms. The first-order valence-corrected chi connectivity index (χ1v) is 13.2. The molecule has 0 saturated heterocycles. The van der Waals surface area contributed by atoms with E-state index >= 15 is 0 Å². The van der Waals surface area contributed by atoms with Gasteiger partial charge in [-0.1, -0.05) is 59.0 Å². The zero-order valence-electron chi connectivity index (χ0n) is 19.0. The highest BCUT2D eigenvalue weighted by molar-refractivity contribution is 7.98. The third kappa shape index (κ3) is 4.05. The van der Waals surface area contributed by atoms with Crippen molar-refractivity contribution >= 4 is 49.9 Å². The lowest BCUT2D eigenvalue weighted by Gasteiger charge is -2.12. The number of methoxy groups -OCH3 is 1. The SMILES string of the molecule is COc1ccc(-n2c(SCc3cc(=O)n4c(n3)sc3ccccc34)nnc2-c2ccccc2Cl)cc1. The Bertz CT molecular complexity index is 1780. The van der Waals surface area contributed by atoms with Gasteiger partial charge in [-0.2, -0.15) is 0 Å². The maximum atomic E-state index is 12.9. The van der Waals surface area contributed by atoms with Crippen LogP contribution in [0, 0.1) is 0 Å². The number of hydrogen-bond donors (Lipinski definition) is 0. The second-order valence-corrected chi connectivity index (χ2v) is 10.2. The Balaban J connectivity index is 1.39. The fourth-order valence-electron chi connectivity index (χ4n) is 3.98. The van der Waals surface area contributed by atoms with E-state index in [0.29, 0.717) is 32.4 Å². The summed E-state index contributed by atoms with van der Waals surface area (Å²) >= 11 is 9.46. The molecule has 3 aromatic heterocycles. The number of aromatic nitrogens is 5. The minimum absolute atomic E-state index is 0.0959. The number of benzene rings is 3. The van der Waals surface area contributed by atoms with Crippen LogP contribution in [0.15, 0.2) is 88.8 Å². The summed E-state index contributed by atoms with van der Waals surface area (Å²) in [6, 6.07) is 24.6. The highest BCUT2D eigenvalue weighted by Crippen LogP contribution is 2.33. The lowest BCUT2D eigenvalue weighted by Crippen LogP contribution is -2.13. The first-order chi connectivity index (χ1) is 17.6. The van der Waals surface area contributed by atoms with E-state index in [1.807, 2.05) is 77.4 Å². The van der Waals surface area contributed by atoms with E-state index in [-0.39, 0.29) is 5.56 Å². The molecule has 6 aromatic rings. The molecule has 0 fully saturated rings. The minimum Gasteiger partial charge on any atom is -0.497 e. The zero-order chi connectivity index (χ0) is 24.6. The smallest absolute Gasteiger partial charge is 0.259 e. The van der Waals surface area contributed by atoms with Crippen LogP contribution in [0.5, 0.6) is 5.75 Å². The van der Waals surface area contributed by atoms with Crippen molar-refractivity contribution < 1.29 is 4.74 Å². The van der Waals surface area contributed by atoms with E-state index in [9.17, 15) is 4.79 Å². The van der Waals surface area contributed by atoms with Crippen LogP contribution in [0.3, 0.4) is 0 Å². The third-order valence-corrected chi connectivity index (χ3v) is 7.99. The Kier molecular flexibility index (Phi) is 5.96. The van der Waals surface area contributed by atoms with E-state index in [1.54, 1.807) is 17.6 Å². The fraction of sp³-hybridized carbons (Fsp3) is 0.0769. The van der Waals surface area contributed by atoms with E-state index in [4.69, 9.17) is 21.3 Å². The molecule has 3 aromatic carbocycles. The molecule has 3 heterocycles. The van der Waals surface area contributed by atoms with Crippen molar-refractivity contribution in [1.29, 1.82) is 0 Å². The number of fused-ring (bicyclic) bond motifs is 3. The molecule has 178 valence electrons. The van der Waals surface area contributed by atoms with Gasteiger partial charge in [0, 0.05) is 23.1 Å². The summed E-state index contributed by atoms with van der Waals surface area (Å²) in [6.07, 6.45) is 0. The Morgan fingerprint density at radius 1 is 1.00 bits per heavy atom. The van der Waals surface area contributed by atoms with E-state index in [2.05, 4.69) is 10.2 Å². The van der Waals surface area contributed by atoms with Gasteiger partial charge in [-0.3, -0.25) is 13.8 Å². The Hall–Kier alpha value is -3.66. The van der Waals surface area contributed by atoms with Crippen LogP contribution in [0.4, 0.5) is 0 Å². The number of hydrogen-bond acceptors (Lipinski definition) is 7. The Morgan fingerprint density at radius 3 is 2.58 bits per heavy atom. The number of ether oxygens (including phenoxy) is 1. The summed E-state index contributed by atoms with van der Waals surface area (Å²) in [5, 5.41) is 10.2. The first kappa shape index (κ1) is 22.8. The van der Waals surface area contributed by atoms with Gasteiger partial charge in [0.15, 0.2) is 15.9 Å². The highest BCUT2D eigenvalue weighted by atomic mass is 35.5. The first-order valence-electron chi connectivity index (χ1n) is 11.0. The molecule has 0 unspecified atom stereocenters. The van der Waals surface area contributed by atoms with Crippen molar-refractivity contribution in [2.75, 3.05) is 7.11 Å². The predicted molar refractivity (Wildman–Crippen MR) is 145 cm³/mol. The van der Waals surface area contributed by atoms with Crippen molar-refractivity contribution in [3.8, 4) is 22.8 Å². The summed E-state index contributed by atoms with van der Waals surface area (Å²) in [5.41, 5.74) is 3.10. The third-order valence-electron chi connectivity index (χ3n) is 5.68. The maximum absolute atomic E-state index is 12.9. The molecule has 0 aliphatic heterocycles. The summed E-state index contributed by atoms with van der Waals surface area (Å²) in [7, 11) is 1.63. The average molecular weight is 532 g/mol. The summed E-state index contributed by atoms with van der Waals surface area (Å²) in [5.74, 6) is 1.83. The molecule has 0 atom stereocenters. The molecule has 0 radical (unpaired) electrons. The molecule has 0 amide bonds. The van der Waals surface area contributed by atoms with E-state index in [0.717, 1.165) is 27.2 Å². The number of thiazole rings is 1. The van der Waals surface area contributed by atoms with Gasteiger partial charge in [-0.15, -0.1) is 10.2 Å². The molecule has 36 heavy (non-hydrogen) atoms. The fourth-order valence-corrected chi connectivity index (χ4v) is 6.09. The van der Waals surface area contributed by atoms with Crippen LogP contribution in [0.25, 0.3) is 32.3 Å². The number of para-hydroxylation sites is 1. The number of nitrogens with zero attached hydrogens (tertiary/aromatic N) is 5. The van der Waals surface area contributed by atoms with Gasteiger partial charge in [-0.05, 0) is 48.5 Å². The van der Waals surface area contributed by atoms with Gasteiger partial charge >= 0.3 is 0 Å². The number of rotatable bonds is 6. The second-order valence-electron chi connectivity index (χ2n) is 7.88. The maximum Gasteiger partial charge on any atom is 0.259 e. The average Bonchev–Trinajstić information content (AvgIpc) is 3.49. The predicted octanol–water partition coefficient (Wildman–Crippen LogP) is 6.11. The number of thioether (sulfide) groups is 1. The highest BCUT2D eigenvalue weighted by Gasteiger charge is 2.19. The molecule has 0 N–H and O–H groups in total. The normalized spacial score (nSPS) is 11.4. The molecular weight excluding hydrogens is 514 g/mol. The zero-order valence-corrected chi connectivity index (χ0v) is 21.3. The molecule has 0 aliphatic rings. The Labute approximate surface area is 219 Å². The molecule has 10 heteroatoms. The Morgan fingerprint density at radius 2 is 1.78 bits per heavy atom. The molecule has 7 nitrogen and oxygen atoms in total. The van der Waals surface area contributed by atoms with Gasteiger partial charge in [0.1, 0.15) is 5.75 Å². The monoisotopic (exact) mass is 531 g/mol. The van der Waals surface area contributed by atoms with Gasteiger partial charge in [-0.25, -0.2) is 4.98 Å². The summed E-state index contributed by atoms with van der Waals surface area (Å²) in [6.45, 7) is 0. The quantitative estimate of drug-likeness (QED) is 0.241. The van der Waals surface area contributed by atoms with Crippen LogP contribution in [0.1, 0.15) is 5.69 Å². The number of halogens is 1. The second kappa shape index (κ2) is 9.42. The van der Waals surface area contributed by atoms with Crippen molar-refractivity contribution in [2.45, 2.75) is 10.9 Å². The topological polar surface area (TPSA) is 74.3 Å². The summed E-state index contributed by atoms with van der Waals surface area (Å²) < 4.78 is 9.95. The molecule has 0 aliphatic carbocycles. The van der Waals surface area contributed by atoms with Crippen LogP contribution in [0.2, 0.25) is 5.02 Å². The lowest BCUT2D eigenvalue weighted by atomic mass is 10.2. The molecular formula is C26H18ClN5O2S2. The molecule has 6 rings (SSSR count). The van der Waals surface area contributed by atoms with Crippen LogP contribution >= 0.6 is 34.7 Å². The van der Waals surface area contributed by atoms with Crippen molar-refractivity contribution in [1.82, 2.24) is 24.1 Å². The van der Waals surface area contributed by atoms with Crippen molar-refractivity contribution in [3.05, 3.63) is 99.9 Å². The van der Waals surface area contributed by atoms with Crippen LogP contribution in [-0.4, -0.2) is 31.3 Å². The van der Waals surface area contributed by atoms with Gasteiger partial charge in [0.2, 0.25) is 0 Å². The summed E-state index contributed by atoms with van der Waals surface area (Å²) in [4.78, 5) is 18.4. The molecule has 0 bridgehead atoms.